The van der Waals surface area contributed by atoms with E-state index in [9.17, 15) is 5.11 Å². The van der Waals surface area contributed by atoms with Gasteiger partial charge >= 0.3 is 0 Å². The quantitative estimate of drug-likeness (QED) is 0.726. The third kappa shape index (κ3) is 2.27. The van der Waals surface area contributed by atoms with E-state index in [1.54, 1.807) is 12.1 Å². The lowest BCUT2D eigenvalue weighted by atomic mass is 10.1. The van der Waals surface area contributed by atoms with Crippen molar-refractivity contribution in [1.29, 1.82) is 0 Å². The first-order chi connectivity index (χ1) is 5.41. The molecule has 0 unspecified atom stereocenters. The van der Waals surface area contributed by atoms with Crippen LogP contribution in [0.3, 0.4) is 0 Å². The van der Waals surface area contributed by atoms with Gasteiger partial charge in [0.2, 0.25) is 0 Å². The molecule has 1 N–H and O–H groups in total. The first-order valence-electron chi connectivity index (χ1n) is 3.28. The van der Waals surface area contributed by atoms with Crippen LogP contribution in [-0.2, 0) is 5.06 Å². The molecule has 0 aromatic heterocycles. The van der Waals surface area contributed by atoms with E-state index in [-0.39, 0.29) is 0 Å². The zero-order chi connectivity index (χ0) is 9.35. The highest BCUT2D eigenvalue weighted by atomic mass is 35.5. The standard InChI is InChI=1S/C8H7Cl3O/c1-8(11,12)6-3-2-5(9)4-7(6)10/h2-4,12H,1H3/t8-/m1/s1. The third-order valence-electron chi connectivity index (χ3n) is 1.42. The van der Waals surface area contributed by atoms with Gasteiger partial charge in [-0.2, -0.15) is 0 Å². The Labute approximate surface area is 85.9 Å². The molecule has 0 heterocycles. The molecule has 0 aliphatic carbocycles. The van der Waals surface area contributed by atoms with E-state index in [4.69, 9.17) is 34.8 Å². The summed E-state index contributed by atoms with van der Waals surface area (Å²) in [7, 11) is 0. The summed E-state index contributed by atoms with van der Waals surface area (Å²) >= 11 is 17.1. The molecule has 1 rings (SSSR count). The largest absolute Gasteiger partial charge is 0.371 e. The first kappa shape index (κ1) is 10.1. The summed E-state index contributed by atoms with van der Waals surface area (Å²) in [6.45, 7) is 1.45. The molecule has 0 amide bonds. The van der Waals surface area contributed by atoms with Gasteiger partial charge in [-0.05, 0) is 19.1 Å². The summed E-state index contributed by atoms with van der Waals surface area (Å²) in [5.74, 6) is 0. The summed E-state index contributed by atoms with van der Waals surface area (Å²) in [4.78, 5) is 0. The van der Waals surface area contributed by atoms with Gasteiger partial charge in [-0.25, -0.2) is 0 Å². The van der Waals surface area contributed by atoms with Gasteiger partial charge in [-0.3, -0.25) is 0 Å². The van der Waals surface area contributed by atoms with E-state index in [2.05, 4.69) is 0 Å². The molecule has 12 heavy (non-hydrogen) atoms. The molecular formula is C8H7Cl3O. The summed E-state index contributed by atoms with van der Waals surface area (Å²) in [5, 5.41) is 8.84. The van der Waals surface area contributed by atoms with E-state index in [0.717, 1.165) is 0 Å². The highest BCUT2D eigenvalue weighted by Crippen LogP contribution is 2.32. The minimum Gasteiger partial charge on any atom is -0.371 e. The molecule has 0 radical (unpaired) electrons. The lowest BCUT2D eigenvalue weighted by Crippen LogP contribution is -2.12. The minimum absolute atomic E-state index is 0.363. The third-order valence-corrected chi connectivity index (χ3v) is 2.17. The van der Waals surface area contributed by atoms with Crippen LogP contribution in [0.15, 0.2) is 18.2 Å². The van der Waals surface area contributed by atoms with E-state index in [0.29, 0.717) is 15.6 Å². The van der Waals surface area contributed by atoms with E-state index in [1.165, 1.54) is 13.0 Å². The Hall–Kier alpha value is 0.0500. The number of benzene rings is 1. The van der Waals surface area contributed by atoms with Crippen molar-refractivity contribution in [2.24, 2.45) is 0 Å². The van der Waals surface area contributed by atoms with Crippen molar-refractivity contribution in [2.75, 3.05) is 0 Å². The molecule has 0 saturated carbocycles. The van der Waals surface area contributed by atoms with Crippen molar-refractivity contribution in [3.05, 3.63) is 33.8 Å². The predicted octanol–water partition coefficient (Wildman–Crippen LogP) is 3.40. The number of alkyl halides is 1. The molecule has 0 fully saturated rings. The molecule has 0 aliphatic heterocycles. The van der Waals surface area contributed by atoms with Gasteiger partial charge in [0.1, 0.15) is 0 Å². The Morgan fingerprint density at radius 3 is 2.33 bits per heavy atom. The molecular weight excluding hydrogens is 218 g/mol. The topological polar surface area (TPSA) is 20.2 Å². The van der Waals surface area contributed by atoms with Crippen LogP contribution in [0.4, 0.5) is 0 Å². The monoisotopic (exact) mass is 224 g/mol. The van der Waals surface area contributed by atoms with Crippen LogP contribution in [-0.4, -0.2) is 5.11 Å². The molecule has 0 saturated heterocycles. The van der Waals surface area contributed by atoms with Gasteiger partial charge in [-0.1, -0.05) is 40.9 Å². The van der Waals surface area contributed by atoms with Gasteiger partial charge in [0, 0.05) is 15.6 Å². The van der Waals surface area contributed by atoms with Crippen molar-refractivity contribution in [3.8, 4) is 0 Å². The minimum atomic E-state index is -1.44. The SMILES string of the molecule is C[C@](O)(Cl)c1ccc(Cl)cc1Cl. The van der Waals surface area contributed by atoms with Crippen LogP contribution in [0.25, 0.3) is 0 Å². The zero-order valence-electron chi connectivity index (χ0n) is 6.31. The average Bonchev–Trinajstić information content (AvgIpc) is 1.83. The van der Waals surface area contributed by atoms with Crippen molar-refractivity contribution in [1.82, 2.24) is 0 Å². The molecule has 1 aromatic rings. The van der Waals surface area contributed by atoms with Crippen LogP contribution in [0, 0.1) is 0 Å². The Bertz CT molecular complexity index is 291. The van der Waals surface area contributed by atoms with Gasteiger partial charge in [0.05, 0.1) is 0 Å². The van der Waals surface area contributed by atoms with Crippen LogP contribution in [0.1, 0.15) is 12.5 Å². The van der Waals surface area contributed by atoms with Crippen LogP contribution in [0.5, 0.6) is 0 Å². The molecule has 0 bridgehead atoms. The zero-order valence-corrected chi connectivity index (χ0v) is 8.58. The van der Waals surface area contributed by atoms with Gasteiger partial charge in [-0.15, -0.1) is 0 Å². The fourth-order valence-corrected chi connectivity index (χ4v) is 1.67. The van der Waals surface area contributed by atoms with E-state index in [1.807, 2.05) is 0 Å². The maximum absolute atomic E-state index is 9.40. The van der Waals surface area contributed by atoms with Crippen LogP contribution >= 0.6 is 34.8 Å². The van der Waals surface area contributed by atoms with Crippen molar-refractivity contribution < 1.29 is 5.11 Å². The van der Waals surface area contributed by atoms with E-state index < -0.39 is 5.06 Å². The fraction of sp³-hybridized carbons (Fsp3) is 0.250. The summed E-state index contributed by atoms with van der Waals surface area (Å²) in [6, 6.07) is 4.76. The Kier molecular flexibility index (Phi) is 2.89. The second-order valence-electron chi connectivity index (χ2n) is 2.58. The normalized spacial score (nSPS) is 15.8. The Morgan fingerprint density at radius 2 is 1.92 bits per heavy atom. The molecule has 1 atom stereocenters. The lowest BCUT2D eigenvalue weighted by molar-refractivity contribution is 0.150. The van der Waals surface area contributed by atoms with Crippen molar-refractivity contribution in [3.63, 3.8) is 0 Å². The van der Waals surface area contributed by atoms with Crippen molar-refractivity contribution >= 4 is 34.8 Å². The van der Waals surface area contributed by atoms with Gasteiger partial charge < -0.3 is 5.11 Å². The highest BCUT2D eigenvalue weighted by molar-refractivity contribution is 6.36. The Morgan fingerprint density at radius 1 is 1.33 bits per heavy atom. The molecule has 0 aliphatic rings. The summed E-state index contributed by atoms with van der Waals surface area (Å²) in [6.07, 6.45) is 0. The molecule has 1 aromatic carbocycles. The average molecular weight is 226 g/mol. The van der Waals surface area contributed by atoms with Crippen LogP contribution in [0.2, 0.25) is 10.0 Å². The molecule has 4 heteroatoms. The molecule has 0 spiro atoms. The van der Waals surface area contributed by atoms with E-state index >= 15 is 0 Å². The number of rotatable bonds is 1. The fourth-order valence-electron chi connectivity index (χ4n) is 0.860. The van der Waals surface area contributed by atoms with Gasteiger partial charge in [0.15, 0.2) is 5.06 Å². The molecule has 1 nitrogen and oxygen atoms in total. The maximum atomic E-state index is 9.40. The van der Waals surface area contributed by atoms with Gasteiger partial charge in [0.25, 0.3) is 0 Å². The number of hydrogen-bond acceptors (Lipinski definition) is 1. The van der Waals surface area contributed by atoms with Crippen molar-refractivity contribution in [2.45, 2.75) is 12.0 Å². The highest BCUT2D eigenvalue weighted by Gasteiger charge is 2.21. The number of halogens is 3. The lowest BCUT2D eigenvalue weighted by Gasteiger charge is -2.16. The summed E-state index contributed by atoms with van der Waals surface area (Å²) < 4.78 is 0. The first-order valence-corrected chi connectivity index (χ1v) is 4.41. The second-order valence-corrected chi connectivity index (χ2v) is 4.16. The number of aliphatic hydroxyl groups is 1. The van der Waals surface area contributed by atoms with Crippen LogP contribution < -0.4 is 0 Å². The maximum Gasteiger partial charge on any atom is 0.162 e. The smallest absolute Gasteiger partial charge is 0.162 e. The predicted molar refractivity (Wildman–Crippen MR) is 51.9 cm³/mol. The Balaban J connectivity index is 3.19. The second kappa shape index (κ2) is 3.43. The summed E-state index contributed by atoms with van der Waals surface area (Å²) in [5.41, 5.74) is 0.454. The molecule has 66 valence electrons. The number of hydrogen-bond donors (Lipinski definition) is 1.